The van der Waals surface area contributed by atoms with Crippen LogP contribution in [0.5, 0.6) is 5.75 Å². The van der Waals surface area contributed by atoms with Gasteiger partial charge in [-0.1, -0.05) is 30.9 Å². The second kappa shape index (κ2) is 6.89. The number of aromatic nitrogens is 1. The van der Waals surface area contributed by atoms with Gasteiger partial charge in [0, 0.05) is 28.0 Å². The molecule has 0 bridgehead atoms. The number of halogens is 1. The van der Waals surface area contributed by atoms with Crippen LogP contribution in [-0.2, 0) is 5.75 Å². The normalized spacial score (nSPS) is 16.3. The molecule has 0 spiro atoms. The molecule has 21 heavy (non-hydrogen) atoms. The summed E-state index contributed by atoms with van der Waals surface area (Å²) in [6.45, 7) is 0. The van der Waals surface area contributed by atoms with Crippen LogP contribution in [0.25, 0.3) is 10.9 Å². The fraction of sp³-hybridized carbons (Fsp3) is 0.471. The molecule has 1 fully saturated rings. The van der Waals surface area contributed by atoms with Crippen molar-refractivity contribution in [3.05, 3.63) is 35.0 Å². The van der Waals surface area contributed by atoms with Crippen molar-refractivity contribution in [2.24, 2.45) is 0 Å². The lowest BCUT2D eigenvalue weighted by Crippen LogP contribution is -2.08. The van der Waals surface area contributed by atoms with Crippen molar-refractivity contribution in [3.63, 3.8) is 0 Å². The predicted molar refractivity (Wildman–Crippen MR) is 91.5 cm³/mol. The van der Waals surface area contributed by atoms with Gasteiger partial charge in [0.05, 0.1) is 12.6 Å². The maximum Gasteiger partial charge on any atom is 0.133 e. The second-order valence-electron chi connectivity index (χ2n) is 5.57. The molecule has 2 aromatic rings. The van der Waals surface area contributed by atoms with Crippen LogP contribution in [0.2, 0.25) is 5.15 Å². The van der Waals surface area contributed by atoms with Gasteiger partial charge in [0.15, 0.2) is 0 Å². The van der Waals surface area contributed by atoms with Gasteiger partial charge in [0.2, 0.25) is 0 Å². The fourth-order valence-electron chi connectivity index (χ4n) is 2.83. The fourth-order valence-corrected chi connectivity index (χ4v) is 4.43. The number of hydrogen-bond acceptors (Lipinski definition) is 3. The Labute approximate surface area is 135 Å². The van der Waals surface area contributed by atoms with E-state index in [0.717, 1.165) is 33.2 Å². The van der Waals surface area contributed by atoms with Crippen molar-refractivity contribution in [2.75, 3.05) is 7.11 Å². The minimum absolute atomic E-state index is 0.624. The molecular formula is C17H20ClNOS. The molecule has 1 aliphatic rings. The number of rotatable bonds is 4. The molecule has 2 nitrogen and oxygen atoms in total. The van der Waals surface area contributed by atoms with Crippen molar-refractivity contribution in [1.29, 1.82) is 0 Å². The molecule has 0 aliphatic heterocycles. The summed E-state index contributed by atoms with van der Waals surface area (Å²) >= 11 is 8.38. The highest BCUT2D eigenvalue weighted by atomic mass is 35.5. The van der Waals surface area contributed by atoms with Crippen molar-refractivity contribution in [1.82, 2.24) is 4.98 Å². The van der Waals surface area contributed by atoms with Crippen molar-refractivity contribution >= 4 is 34.3 Å². The smallest absolute Gasteiger partial charge is 0.133 e. The van der Waals surface area contributed by atoms with E-state index >= 15 is 0 Å². The Morgan fingerprint density at radius 1 is 1.24 bits per heavy atom. The Morgan fingerprint density at radius 2 is 2.05 bits per heavy atom. The maximum absolute atomic E-state index is 6.35. The third-order valence-electron chi connectivity index (χ3n) is 4.08. The van der Waals surface area contributed by atoms with Crippen LogP contribution < -0.4 is 4.74 Å². The molecule has 1 aliphatic carbocycles. The molecule has 0 unspecified atom stereocenters. The monoisotopic (exact) mass is 321 g/mol. The number of fused-ring (bicyclic) bond motifs is 1. The Kier molecular flexibility index (Phi) is 4.91. The van der Waals surface area contributed by atoms with E-state index in [9.17, 15) is 0 Å². The first-order chi connectivity index (χ1) is 10.3. The van der Waals surface area contributed by atoms with E-state index < -0.39 is 0 Å². The molecule has 112 valence electrons. The van der Waals surface area contributed by atoms with E-state index in [1.807, 2.05) is 30.0 Å². The maximum atomic E-state index is 6.35. The summed E-state index contributed by atoms with van der Waals surface area (Å²) in [7, 11) is 1.66. The van der Waals surface area contributed by atoms with Crippen molar-refractivity contribution in [3.8, 4) is 5.75 Å². The van der Waals surface area contributed by atoms with Gasteiger partial charge in [-0.15, -0.1) is 0 Å². The molecule has 3 rings (SSSR count). The van der Waals surface area contributed by atoms with E-state index in [1.54, 1.807) is 7.11 Å². The Balaban J connectivity index is 1.77. The molecule has 1 saturated carbocycles. The number of hydrogen-bond donors (Lipinski definition) is 0. The van der Waals surface area contributed by atoms with Gasteiger partial charge in [-0.05, 0) is 31.0 Å². The van der Waals surface area contributed by atoms with Gasteiger partial charge in [0.1, 0.15) is 10.9 Å². The molecule has 0 atom stereocenters. The standard InChI is InChI=1S/C17H20ClNOS/c1-20-14-8-7-12-9-13(17(18)19-16(12)10-14)11-21-15-5-3-2-4-6-15/h7-10,15H,2-6,11H2,1H3. The van der Waals surface area contributed by atoms with Crippen LogP contribution in [0.15, 0.2) is 24.3 Å². The zero-order valence-electron chi connectivity index (χ0n) is 12.3. The summed E-state index contributed by atoms with van der Waals surface area (Å²) in [4.78, 5) is 4.52. The first-order valence-electron chi connectivity index (χ1n) is 7.51. The first-order valence-corrected chi connectivity index (χ1v) is 8.94. The van der Waals surface area contributed by atoms with E-state index in [1.165, 1.54) is 32.1 Å². The molecule has 0 radical (unpaired) electrons. The van der Waals surface area contributed by atoms with Crippen LogP contribution in [-0.4, -0.2) is 17.3 Å². The van der Waals surface area contributed by atoms with Crippen molar-refractivity contribution < 1.29 is 4.74 Å². The Bertz CT molecular complexity index is 625. The van der Waals surface area contributed by atoms with Crippen LogP contribution in [0.4, 0.5) is 0 Å². The van der Waals surface area contributed by atoms with E-state index in [2.05, 4.69) is 11.1 Å². The highest BCUT2D eigenvalue weighted by Crippen LogP contribution is 2.33. The summed E-state index contributed by atoms with van der Waals surface area (Å²) in [6.07, 6.45) is 6.85. The predicted octanol–water partition coefficient (Wildman–Crippen LogP) is 5.46. The third-order valence-corrected chi connectivity index (χ3v) is 5.83. The van der Waals surface area contributed by atoms with E-state index in [0.29, 0.717) is 5.15 Å². The molecule has 0 saturated heterocycles. The van der Waals surface area contributed by atoms with Gasteiger partial charge in [-0.2, -0.15) is 11.8 Å². The molecule has 4 heteroatoms. The summed E-state index contributed by atoms with van der Waals surface area (Å²) in [5.74, 6) is 1.77. The zero-order valence-corrected chi connectivity index (χ0v) is 13.8. The third kappa shape index (κ3) is 3.64. The molecule has 0 N–H and O–H groups in total. The summed E-state index contributed by atoms with van der Waals surface area (Å²) in [5, 5.41) is 2.54. The highest BCUT2D eigenvalue weighted by Gasteiger charge is 2.15. The highest BCUT2D eigenvalue weighted by molar-refractivity contribution is 7.99. The summed E-state index contributed by atoms with van der Waals surface area (Å²) in [5.41, 5.74) is 2.04. The van der Waals surface area contributed by atoms with Gasteiger partial charge < -0.3 is 4.74 Å². The number of nitrogens with zero attached hydrogens (tertiary/aromatic N) is 1. The number of benzene rings is 1. The van der Waals surface area contributed by atoms with Gasteiger partial charge in [0.25, 0.3) is 0 Å². The minimum Gasteiger partial charge on any atom is -0.497 e. The largest absolute Gasteiger partial charge is 0.497 e. The molecular weight excluding hydrogens is 302 g/mol. The average molecular weight is 322 g/mol. The van der Waals surface area contributed by atoms with Crippen LogP contribution in [0, 0.1) is 0 Å². The lowest BCUT2D eigenvalue weighted by atomic mass is 10.0. The van der Waals surface area contributed by atoms with Crippen LogP contribution in [0.3, 0.4) is 0 Å². The molecule has 1 aromatic carbocycles. The zero-order chi connectivity index (χ0) is 14.7. The molecule has 1 aromatic heterocycles. The Morgan fingerprint density at radius 3 is 2.81 bits per heavy atom. The lowest BCUT2D eigenvalue weighted by molar-refractivity contribution is 0.415. The summed E-state index contributed by atoms with van der Waals surface area (Å²) < 4.78 is 5.23. The number of methoxy groups -OCH3 is 1. The van der Waals surface area contributed by atoms with Gasteiger partial charge >= 0.3 is 0 Å². The Hall–Kier alpha value is -0.930. The number of thioether (sulfide) groups is 1. The van der Waals surface area contributed by atoms with E-state index in [-0.39, 0.29) is 0 Å². The average Bonchev–Trinajstić information content (AvgIpc) is 2.53. The summed E-state index contributed by atoms with van der Waals surface area (Å²) in [6, 6.07) is 8.11. The SMILES string of the molecule is COc1ccc2cc(CSC3CCCCC3)c(Cl)nc2c1. The second-order valence-corrected chi connectivity index (χ2v) is 7.21. The van der Waals surface area contributed by atoms with E-state index in [4.69, 9.17) is 16.3 Å². The molecule has 0 amide bonds. The van der Waals surface area contributed by atoms with Gasteiger partial charge in [-0.25, -0.2) is 4.98 Å². The lowest BCUT2D eigenvalue weighted by Gasteiger charge is -2.21. The van der Waals surface area contributed by atoms with Crippen LogP contribution >= 0.6 is 23.4 Å². The first kappa shape index (κ1) is 15.0. The van der Waals surface area contributed by atoms with Crippen LogP contribution in [0.1, 0.15) is 37.7 Å². The topological polar surface area (TPSA) is 22.1 Å². The number of ether oxygens (including phenoxy) is 1. The van der Waals surface area contributed by atoms with Crippen molar-refractivity contribution in [2.45, 2.75) is 43.1 Å². The van der Waals surface area contributed by atoms with Gasteiger partial charge in [-0.3, -0.25) is 0 Å². The molecule has 1 heterocycles. The quantitative estimate of drug-likeness (QED) is 0.698. The minimum atomic E-state index is 0.624. The number of pyridine rings is 1.